The number of piperidine rings is 1. The number of nitrogens with one attached hydrogen (secondary N) is 1. The molecule has 1 saturated heterocycles. The van der Waals surface area contributed by atoms with Gasteiger partial charge in [-0.25, -0.2) is 0 Å². The van der Waals surface area contributed by atoms with Gasteiger partial charge in [0.15, 0.2) is 0 Å². The standard InChI is InChI=1S/C14H18F3N/c1-9-7-11(14(15,16)17)3-4-12(9)13-5-6-18-8-10(13)2/h3-4,7,10,13,18H,5-6,8H2,1-2H3/t10-,13+/m0/s1. The van der Waals surface area contributed by atoms with Crippen molar-refractivity contribution in [2.24, 2.45) is 5.92 Å². The van der Waals surface area contributed by atoms with E-state index in [1.54, 1.807) is 13.0 Å². The molecule has 0 aromatic heterocycles. The fourth-order valence-electron chi connectivity index (χ4n) is 2.74. The summed E-state index contributed by atoms with van der Waals surface area (Å²) in [5.41, 5.74) is 1.27. The van der Waals surface area contributed by atoms with Crippen LogP contribution in [0.2, 0.25) is 0 Å². The third-order valence-corrected chi connectivity index (χ3v) is 3.78. The molecule has 1 aliphatic rings. The average Bonchev–Trinajstić information content (AvgIpc) is 2.29. The first-order valence-electron chi connectivity index (χ1n) is 6.28. The first-order valence-corrected chi connectivity index (χ1v) is 6.28. The lowest BCUT2D eigenvalue weighted by Crippen LogP contribution is -2.34. The molecule has 1 aromatic carbocycles. The van der Waals surface area contributed by atoms with Crippen molar-refractivity contribution in [2.75, 3.05) is 13.1 Å². The van der Waals surface area contributed by atoms with Gasteiger partial charge in [0.1, 0.15) is 0 Å². The van der Waals surface area contributed by atoms with Gasteiger partial charge < -0.3 is 5.32 Å². The van der Waals surface area contributed by atoms with E-state index < -0.39 is 11.7 Å². The molecule has 4 heteroatoms. The summed E-state index contributed by atoms with van der Waals surface area (Å²) in [5.74, 6) is 0.836. The van der Waals surface area contributed by atoms with Crippen molar-refractivity contribution in [2.45, 2.75) is 32.4 Å². The molecule has 18 heavy (non-hydrogen) atoms. The van der Waals surface area contributed by atoms with Crippen molar-refractivity contribution in [3.05, 3.63) is 34.9 Å². The molecular weight excluding hydrogens is 239 g/mol. The number of halogens is 3. The lowest BCUT2D eigenvalue weighted by molar-refractivity contribution is -0.137. The van der Waals surface area contributed by atoms with Crippen LogP contribution >= 0.6 is 0 Å². The zero-order chi connectivity index (χ0) is 13.3. The molecule has 0 saturated carbocycles. The normalized spacial score (nSPS) is 25.2. The van der Waals surface area contributed by atoms with Gasteiger partial charge in [-0.2, -0.15) is 13.2 Å². The van der Waals surface area contributed by atoms with Crippen molar-refractivity contribution in [3.63, 3.8) is 0 Å². The summed E-state index contributed by atoms with van der Waals surface area (Å²) in [6.45, 7) is 5.80. The quantitative estimate of drug-likeness (QED) is 0.808. The van der Waals surface area contributed by atoms with Crippen molar-refractivity contribution in [1.29, 1.82) is 0 Å². The molecule has 0 amide bonds. The molecule has 1 nitrogen and oxygen atoms in total. The molecule has 1 aromatic rings. The maximum atomic E-state index is 12.6. The third-order valence-electron chi connectivity index (χ3n) is 3.78. The maximum Gasteiger partial charge on any atom is 0.416 e. The first-order chi connectivity index (χ1) is 8.39. The van der Waals surface area contributed by atoms with E-state index in [-0.39, 0.29) is 0 Å². The lowest BCUT2D eigenvalue weighted by atomic mass is 9.80. The molecular formula is C14H18F3N. The summed E-state index contributed by atoms with van der Waals surface area (Å²) >= 11 is 0. The largest absolute Gasteiger partial charge is 0.416 e. The second-order valence-electron chi connectivity index (χ2n) is 5.15. The molecule has 0 aliphatic carbocycles. The maximum absolute atomic E-state index is 12.6. The van der Waals surface area contributed by atoms with E-state index in [2.05, 4.69) is 12.2 Å². The second-order valence-corrected chi connectivity index (χ2v) is 5.15. The summed E-state index contributed by atoms with van der Waals surface area (Å²) in [7, 11) is 0. The van der Waals surface area contributed by atoms with E-state index >= 15 is 0 Å². The highest BCUT2D eigenvalue weighted by Gasteiger charge is 2.31. The van der Waals surface area contributed by atoms with Gasteiger partial charge in [-0.3, -0.25) is 0 Å². The third kappa shape index (κ3) is 2.69. The highest BCUT2D eigenvalue weighted by Crippen LogP contribution is 2.35. The zero-order valence-electron chi connectivity index (χ0n) is 10.6. The zero-order valence-corrected chi connectivity index (χ0v) is 10.6. The van der Waals surface area contributed by atoms with Crippen molar-refractivity contribution >= 4 is 0 Å². The van der Waals surface area contributed by atoms with Gasteiger partial charge in [0.2, 0.25) is 0 Å². The minimum atomic E-state index is -4.25. The SMILES string of the molecule is Cc1cc(C(F)(F)F)ccc1[C@@H]1CCNC[C@@H]1C. The lowest BCUT2D eigenvalue weighted by Gasteiger charge is -2.31. The minimum Gasteiger partial charge on any atom is -0.316 e. The average molecular weight is 257 g/mol. The Morgan fingerprint density at radius 2 is 2.00 bits per heavy atom. The molecule has 0 unspecified atom stereocenters. The fourth-order valence-corrected chi connectivity index (χ4v) is 2.74. The molecule has 1 fully saturated rings. The molecule has 0 radical (unpaired) electrons. The van der Waals surface area contributed by atoms with Gasteiger partial charge in [0.25, 0.3) is 0 Å². The predicted octanol–water partition coefficient (Wildman–Crippen LogP) is 3.73. The van der Waals surface area contributed by atoms with E-state index in [1.165, 1.54) is 12.1 Å². The Balaban J connectivity index is 2.29. The molecule has 0 spiro atoms. The van der Waals surface area contributed by atoms with Crippen molar-refractivity contribution in [1.82, 2.24) is 5.32 Å². The van der Waals surface area contributed by atoms with E-state index in [0.717, 1.165) is 30.6 Å². The van der Waals surface area contributed by atoms with Crippen LogP contribution in [0, 0.1) is 12.8 Å². The first kappa shape index (κ1) is 13.4. The molecule has 1 aliphatic heterocycles. The van der Waals surface area contributed by atoms with Crippen LogP contribution in [0.5, 0.6) is 0 Å². The predicted molar refractivity (Wildman–Crippen MR) is 65.6 cm³/mol. The number of hydrogen-bond acceptors (Lipinski definition) is 1. The summed E-state index contributed by atoms with van der Waals surface area (Å²) in [6.07, 6.45) is -3.25. The summed E-state index contributed by atoms with van der Waals surface area (Å²) in [4.78, 5) is 0. The van der Waals surface area contributed by atoms with Crippen LogP contribution in [-0.2, 0) is 6.18 Å². The van der Waals surface area contributed by atoms with Gasteiger partial charge in [-0.05, 0) is 61.5 Å². The highest BCUT2D eigenvalue weighted by atomic mass is 19.4. The van der Waals surface area contributed by atoms with Crippen LogP contribution in [0.4, 0.5) is 13.2 Å². The highest BCUT2D eigenvalue weighted by molar-refractivity contribution is 5.35. The molecule has 1 heterocycles. The van der Waals surface area contributed by atoms with E-state index in [0.29, 0.717) is 11.8 Å². The molecule has 1 N–H and O–H groups in total. The Kier molecular flexibility index (Phi) is 3.66. The van der Waals surface area contributed by atoms with Gasteiger partial charge in [-0.15, -0.1) is 0 Å². The van der Waals surface area contributed by atoms with Gasteiger partial charge in [0, 0.05) is 0 Å². The topological polar surface area (TPSA) is 12.0 Å². The number of rotatable bonds is 1. The van der Waals surface area contributed by atoms with Gasteiger partial charge in [-0.1, -0.05) is 13.0 Å². The number of hydrogen-bond donors (Lipinski definition) is 1. The van der Waals surface area contributed by atoms with E-state index in [4.69, 9.17) is 0 Å². The summed E-state index contributed by atoms with van der Waals surface area (Å²) < 4.78 is 37.8. The fraction of sp³-hybridized carbons (Fsp3) is 0.571. The molecule has 0 bridgehead atoms. The number of benzene rings is 1. The number of aryl methyl sites for hydroxylation is 1. The Morgan fingerprint density at radius 3 is 2.56 bits per heavy atom. The van der Waals surface area contributed by atoms with Crippen LogP contribution in [0.3, 0.4) is 0 Å². The molecule has 2 rings (SSSR count). The van der Waals surface area contributed by atoms with Crippen molar-refractivity contribution < 1.29 is 13.2 Å². The number of alkyl halides is 3. The monoisotopic (exact) mass is 257 g/mol. The van der Waals surface area contributed by atoms with E-state index in [1.807, 2.05) is 0 Å². The Morgan fingerprint density at radius 1 is 1.28 bits per heavy atom. The van der Waals surface area contributed by atoms with Crippen molar-refractivity contribution in [3.8, 4) is 0 Å². The molecule has 2 atom stereocenters. The summed E-state index contributed by atoms with van der Waals surface area (Å²) in [5, 5.41) is 3.31. The Hall–Kier alpha value is -1.03. The van der Waals surface area contributed by atoms with Crippen LogP contribution in [0.25, 0.3) is 0 Å². The minimum absolute atomic E-state index is 0.369. The van der Waals surface area contributed by atoms with Crippen LogP contribution in [0.15, 0.2) is 18.2 Å². The van der Waals surface area contributed by atoms with Crippen LogP contribution < -0.4 is 5.32 Å². The smallest absolute Gasteiger partial charge is 0.316 e. The summed E-state index contributed by atoms with van der Waals surface area (Å²) in [6, 6.07) is 4.13. The Labute approximate surface area is 105 Å². The molecule has 100 valence electrons. The Bertz CT molecular complexity index is 426. The second kappa shape index (κ2) is 4.92. The van der Waals surface area contributed by atoms with Gasteiger partial charge in [0.05, 0.1) is 5.56 Å². The van der Waals surface area contributed by atoms with Crippen LogP contribution in [-0.4, -0.2) is 13.1 Å². The van der Waals surface area contributed by atoms with Crippen LogP contribution in [0.1, 0.15) is 36.0 Å². The van der Waals surface area contributed by atoms with Gasteiger partial charge >= 0.3 is 6.18 Å². The van der Waals surface area contributed by atoms with E-state index in [9.17, 15) is 13.2 Å².